The fraction of sp³-hybridized carbons (Fsp3) is 0.312. The maximum atomic E-state index is 13.0. The molecule has 1 saturated heterocycles. The van der Waals surface area contributed by atoms with Gasteiger partial charge in [-0.15, -0.1) is 0 Å². The molecular formula is C16H16FN5. The van der Waals surface area contributed by atoms with Gasteiger partial charge in [0.05, 0.1) is 6.20 Å². The van der Waals surface area contributed by atoms with Crippen molar-refractivity contribution in [3.63, 3.8) is 0 Å². The molecule has 0 saturated carbocycles. The Hall–Kier alpha value is -2.68. The van der Waals surface area contributed by atoms with E-state index in [1.807, 2.05) is 6.07 Å². The summed E-state index contributed by atoms with van der Waals surface area (Å²) in [7, 11) is 0. The minimum atomic E-state index is -0.306. The fourth-order valence-electron chi connectivity index (χ4n) is 2.49. The second-order valence-corrected chi connectivity index (χ2v) is 5.22. The van der Waals surface area contributed by atoms with Crippen LogP contribution in [0.1, 0.15) is 25.0 Å². The van der Waals surface area contributed by atoms with Crippen molar-refractivity contribution in [1.29, 1.82) is 5.26 Å². The van der Waals surface area contributed by atoms with Crippen LogP contribution in [0.5, 0.6) is 0 Å². The Morgan fingerprint density at radius 3 is 2.55 bits per heavy atom. The van der Waals surface area contributed by atoms with Gasteiger partial charge in [0.1, 0.15) is 17.7 Å². The molecule has 0 radical (unpaired) electrons. The predicted molar refractivity (Wildman–Crippen MR) is 82.5 cm³/mol. The maximum Gasteiger partial charge on any atom is 0.183 e. The molecule has 0 aliphatic carbocycles. The lowest BCUT2D eigenvalue weighted by atomic mass is 10.1. The van der Waals surface area contributed by atoms with Crippen LogP contribution < -0.4 is 10.2 Å². The number of aromatic nitrogens is 2. The summed E-state index contributed by atoms with van der Waals surface area (Å²) in [5, 5.41) is 12.2. The van der Waals surface area contributed by atoms with E-state index in [9.17, 15) is 9.65 Å². The number of rotatable bonds is 3. The maximum absolute atomic E-state index is 13.0. The van der Waals surface area contributed by atoms with Gasteiger partial charge in [-0.1, -0.05) is 0 Å². The summed E-state index contributed by atoms with van der Waals surface area (Å²) in [6.45, 7) is 1.91. The fourth-order valence-corrected chi connectivity index (χ4v) is 2.49. The minimum absolute atomic E-state index is 0.227. The van der Waals surface area contributed by atoms with E-state index in [1.54, 1.807) is 18.3 Å². The van der Waals surface area contributed by atoms with E-state index >= 15 is 0 Å². The van der Waals surface area contributed by atoms with Gasteiger partial charge >= 0.3 is 0 Å². The molecule has 2 heterocycles. The average molecular weight is 297 g/mol. The van der Waals surface area contributed by atoms with E-state index in [0.717, 1.165) is 31.7 Å². The van der Waals surface area contributed by atoms with E-state index in [4.69, 9.17) is 0 Å². The van der Waals surface area contributed by atoms with Crippen LogP contribution in [-0.2, 0) is 0 Å². The lowest BCUT2D eigenvalue weighted by Crippen LogP contribution is -2.30. The van der Waals surface area contributed by atoms with Gasteiger partial charge in [-0.25, -0.2) is 14.4 Å². The standard InChI is InChI=1S/C16H16FN5/c17-12-4-6-13(7-5-12)20-16-14(10-18)19-11-15(21-16)22-8-2-1-3-9-22/h4-7,11H,1-3,8-9H2,(H,20,21). The zero-order chi connectivity index (χ0) is 15.4. The molecule has 3 rings (SSSR count). The van der Waals surface area contributed by atoms with Gasteiger partial charge in [-0.05, 0) is 43.5 Å². The Balaban J connectivity index is 1.87. The molecule has 2 aromatic rings. The third-order valence-corrected chi connectivity index (χ3v) is 3.65. The molecular weight excluding hydrogens is 281 g/mol. The van der Waals surface area contributed by atoms with Crippen LogP contribution in [0.25, 0.3) is 0 Å². The molecule has 0 unspecified atom stereocenters. The van der Waals surface area contributed by atoms with Crippen LogP contribution >= 0.6 is 0 Å². The summed E-state index contributed by atoms with van der Waals surface area (Å²) in [5.41, 5.74) is 0.896. The van der Waals surface area contributed by atoms with Gasteiger partial charge < -0.3 is 10.2 Å². The van der Waals surface area contributed by atoms with E-state index < -0.39 is 0 Å². The number of nitriles is 1. The highest BCUT2D eigenvalue weighted by atomic mass is 19.1. The van der Waals surface area contributed by atoms with Gasteiger partial charge in [-0.3, -0.25) is 0 Å². The summed E-state index contributed by atoms with van der Waals surface area (Å²) in [5.74, 6) is 0.861. The zero-order valence-corrected chi connectivity index (χ0v) is 12.1. The van der Waals surface area contributed by atoms with Crippen molar-refractivity contribution in [2.75, 3.05) is 23.3 Å². The van der Waals surface area contributed by atoms with Crippen molar-refractivity contribution < 1.29 is 4.39 Å². The number of benzene rings is 1. The molecule has 0 spiro atoms. The van der Waals surface area contributed by atoms with E-state index in [0.29, 0.717) is 11.5 Å². The largest absolute Gasteiger partial charge is 0.355 e. The van der Waals surface area contributed by atoms with Crippen LogP contribution in [-0.4, -0.2) is 23.1 Å². The molecule has 0 amide bonds. The summed E-state index contributed by atoms with van der Waals surface area (Å²) in [4.78, 5) is 10.9. The molecule has 6 heteroatoms. The highest BCUT2D eigenvalue weighted by molar-refractivity contribution is 5.62. The van der Waals surface area contributed by atoms with E-state index in [-0.39, 0.29) is 11.5 Å². The first-order valence-electron chi connectivity index (χ1n) is 7.31. The third-order valence-electron chi connectivity index (χ3n) is 3.65. The quantitative estimate of drug-likeness (QED) is 0.942. The van der Waals surface area contributed by atoms with Crippen LogP contribution in [0.2, 0.25) is 0 Å². The second-order valence-electron chi connectivity index (χ2n) is 5.22. The van der Waals surface area contributed by atoms with Gasteiger partial charge in [-0.2, -0.15) is 5.26 Å². The van der Waals surface area contributed by atoms with Crippen molar-refractivity contribution in [3.05, 3.63) is 42.0 Å². The topological polar surface area (TPSA) is 64.8 Å². The smallest absolute Gasteiger partial charge is 0.183 e. The lowest BCUT2D eigenvalue weighted by Gasteiger charge is -2.27. The van der Waals surface area contributed by atoms with Gasteiger partial charge in [0.2, 0.25) is 0 Å². The van der Waals surface area contributed by atoms with Crippen LogP contribution in [0.15, 0.2) is 30.5 Å². The highest BCUT2D eigenvalue weighted by Gasteiger charge is 2.15. The molecule has 1 aliphatic heterocycles. The first-order valence-corrected chi connectivity index (χ1v) is 7.31. The number of anilines is 3. The van der Waals surface area contributed by atoms with Crippen molar-refractivity contribution in [3.8, 4) is 6.07 Å². The molecule has 1 N–H and O–H groups in total. The molecule has 112 valence electrons. The number of piperidine rings is 1. The second kappa shape index (κ2) is 6.39. The molecule has 1 aliphatic rings. The number of halogens is 1. The number of hydrogen-bond acceptors (Lipinski definition) is 5. The van der Waals surface area contributed by atoms with Crippen molar-refractivity contribution in [2.24, 2.45) is 0 Å². The van der Waals surface area contributed by atoms with Crippen LogP contribution in [0.3, 0.4) is 0 Å². The molecule has 22 heavy (non-hydrogen) atoms. The van der Waals surface area contributed by atoms with Crippen molar-refractivity contribution in [2.45, 2.75) is 19.3 Å². The Labute approximate surface area is 128 Å². The van der Waals surface area contributed by atoms with Crippen molar-refractivity contribution >= 4 is 17.3 Å². The molecule has 0 bridgehead atoms. The molecule has 0 atom stereocenters. The average Bonchev–Trinajstić information content (AvgIpc) is 2.58. The lowest BCUT2D eigenvalue weighted by molar-refractivity contribution is 0.573. The van der Waals surface area contributed by atoms with Crippen LogP contribution in [0.4, 0.5) is 21.7 Å². The first-order chi connectivity index (χ1) is 10.8. The van der Waals surface area contributed by atoms with Crippen LogP contribution in [0, 0.1) is 17.1 Å². The number of nitrogens with zero attached hydrogens (tertiary/aromatic N) is 4. The third kappa shape index (κ3) is 3.14. The molecule has 1 aromatic heterocycles. The van der Waals surface area contributed by atoms with E-state index in [1.165, 1.54) is 18.6 Å². The number of nitrogens with one attached hydrogen (secondary N) is 1. The SMILES string of the molecule is N#Cc1ncc(N2CCCCC2)nc1Nc1ccc(F)cc1. The zero-order valence-electron chi connectivity index (χ0n) is 12.1. The Bertz CT molecular complexity index is 687. The predicted octanol–water partition coefficient (Wildman–Crippen LogP) is 3.22. The van der Waals surface area contributed by atoms with Gasteiger partial charge in [0.25, 0.3) is 0 Å². The number of hydrogen-bond donors (Lipinski definition) is 1. The summed E-state index contributed by atoms with van der Waals surface area (Å²) in [6.07, 6.45) is 5.16. The summed E-state index contributed by atoms with van der Waals surface area (Å²) in [6, 6.07) is 7.95. The molecule has 5 nitrogen and oxygen atoms in total. The van der Waals surface area contributed by atoms with Crippen molar-refractivity contribution in [1.82, 2.24) is 9.97 Å². The first kappa shape index (κ1) is 14.3. The van der Waals surface area contributed by atoms with Gasteiger partial charge in [0.15, 0.2) is 11.5 Å². The van der Waals surface area contributed by atoms with E-state index in [2.05, 4.69) is 20.2 Å². The molecule has 1 aromatic carbocycles. The molecule has 1 fully saturated rings. The minimum Gasteiger partial charge on any atom is -0.355 e. The van der Waals surface area contributed by atoms with Gasteiger partial charge in [0, 0.05) is 18.8 Å². The Morgan fingerprint density at radius 1 is 1.14 bits per heavy atom. The Morgan fingerprint density at radius 2 is 1.86 bits per heavy atom. The normalized spacial score (nSPS) is 14.5. The summed E-state index contributed by atoms with van der Waals surface area (Å²) >= 11 is 0. The highest BCUT2D eigenvalue weighted by Crippen LogP contribution is 2.22. The Kier molecular flexibility index (Phi) is 4.15. The monoisotopic (exact) mass is 297 g/mol. The summed E-state index contributed by atoms with van der Waals surface area (Å²) < 4.78 is 13.0.